The maximum atomic E-state index is 12.7. The first-order valence-corrected chi connectivity index (χ1v) is 11.6. The molecule has 2 aromatic carbocycles. The average molecular weight is 461 g/mol. The number of carbonyl (C=O) groups is 1. The first-order valence-electron chi connectivity index (χ1n) is 11.6. The fourth-order valence-electron chi connectivity index (χ4n) is 4.18. The summed E-state index contributed by atoms with van der Waals surface area (Å²) in [6.45, 7) is 6.84. The minimum atomic E-state index is -0.170. The molecule has 0 unspecified atom stereocenters. The Morgan fingerprint density at radius 1 is 1.00 bits per heavy atom. The highest BCUT2D eigenvalue weighted by molar-refractivity contribution is 5.75. The highest BCUT2D eigenvalue weighted by Crippen LogP contribution is 2.17. The molecule has 1 saturated heterocycles. The lowest BCUT2D eigenvalue weighted by Crippen LogP contribution is -2.46. The maximum Gasteiger partial charge on any atom is 0.240 e. The van der Waals surface area contributed by atoms with E-state index in [1.807, 2.05) is 41.8 Å². The number of rotatable bonds is 8. The number of nitrogens with zero attached hydrogens (tertiary/aromatic N) is 3. The number of benzene rings is 2. The van der Waals surface area contributed by atoms with Crippen LogP contribution in [0.15, 0.2) is 71.7 Å². The van der Waals surface area contributed by atoms with Gasteiger partial charge < -0.3 is 19.5 Å². The molecule has 7 nitrogen and oxygen atoms in total. The van der Waals surface area contributed by atoms with E-state index in [9.17, 15) is 9.59 Å². The number of amides is 1. The number of nitrogens with one attached hydrogen (secondary N) is 1. The van der Waals surface area contributed by atoms with Gasteiger partial charge in [-0.3, -0.25) is 14.5 Å². The first kappa shape index (κ1) is 23.6. The lowest BCUT2D eigenvalue weighted by molar-refractivity contribution is -0.121. The van der Waals surface area contributed by atoms with E-state index < -0.39 is 0 Å². The molecule has 1 aliphatic heterocycles. The predicted molar refractivity (Wildman–Crippen MR) is 134 cm³/mol. The van der Waals surface area contributed by atoms with Crippen LogP contribution in [0, 0.1) is 6.92 Å². The number of hydrogen-bond donors (Lipinski definition) is 1. The van der Waals surface area contributed by atoms with Crippen LogP contribution < -0.4 is 20.4 Å². The second-order valence-corrected chi connectivity index (χ2v) is 8.69. The molecule has 3 aromatic rings. The Balaban J connectivity index is 1.40. The van der Waals surface area contributed by atoms with Gasteiger partial charge in [-0.05, 0) is 24.6 Å². The van der Waals surface area contributed by atoms with Gasteiger partial charge in [-0.2, -0.15) is 0 Å². The molecule has 1 aliphatic rings. The van der Waals surface area contributed by atoms with Crippen molar-refractivity contribution in [2.24, 2.45) is 0 Å². The molecular weight excluding hydrogens is 428 g/mol. The Hall–Kier alpha value is -3.58. The van der Waals surface area contributed by atoms with Crippen LogP contribution in [0.4, 0.5) is 5.69 Å². The lowest BCUT2D eigenvalue weighted by atomic mass is 10.1. The Labute approximate surface area is 200 Å². The molecule has 1 fully saturated rings. The standard InChI is InChI=1S/C27H32N4O3/c1-21-8-10-22(11-9-21)17-28-27(33)20-31-19-26(34-2)25(32)16-24(31)18-29-12-14-30(15-13-29)23-6-4-3-5-7-23/h3-11,16,19H,12-15,17-18,20H2,1-2H3,(H,28,33). The third-order valence-corrected chi connectivity index (χ3v) is 6.21. The Kier molecular flexibility index (Phi) is 7.65. The summed E-state index contributed by atoms with van der Waals surface area (Å²) in [6, 6.07) is 20.1. The van der Waals surface area contributed by atoms with Gasteiger partial charge in [0, 0.05) is 56.7 Å². The third kappa shape index (κ3) is 6.05. The molecule has 2 heterocycles. The summed E-state index contributed by atoms with van der Waals surface area (Å²) < 4.78 is 7.06. The fraction of sp³-hybridized carbons (Fsp3) is 0.333. The number of carbonyl (C=O) groups excluding carboxylic acids is 1. The van der Waals surface area contributed by atoms with E-state index in [2.05, 4.69) is 39.4 Å². The molecule has 0 radical (unpaired) electrons. The second-order valence-electron chi connectivity index (χ2n) is 8.69. The topological polar surface area (TPSA) is 66.8 Å². The monoisotopic (exact) mass is 460 g/mol. The summed E-state index contributed by atoms with van der Waals surface area (Å²) in [5, 5.41) is 2.97. The van der Waals surface area contributed by atoms with Gasteiger partial charge in [0.15, 0.2) is 5.75 Å². The van der Waals surface area contributed by atoms with Crippen molar-refractivity contribution in [3.63, 3.8) is 0 Å². The molecule has 0 bridgehead atoms. The van der Waals surface area contributed by atoms with Gasteiger partial charge in [0.05, 0.1) is 13.3 Å². The summed E-state index contributed by atoms with van der Waals surface area (Å²) in [5.41, 5.74) is 4.10. The summed E-state index contributed by atoms with van der Waals surface area (Å²) >= 11 is 0. The third-order valence-electron chi connectivity index (χ3n) is 6.21. The zero-order valence-corrected chi connectivity index (χ0v) is 19.9. The number of aryl methyl sites for hydroxylation is 1. The predicted octanol–water partition coefficient (Wildman–Crippen LogP) is 2.80. The van der Waals surface area contributed by atoms with Gasteiger partial charge >= 0.3 is 0 Å². The number of para-hydroxylation sites is 1. The molecule has 7 heteroatoms. The van der Waals surface area contributed by atoms with Gasteiger partial charge in [0.2, 0.25) is 11.3 Å². The largest absolute Gasteiger partial charge is 0.491 e. The van der Waals surface area contributed by atoms with Crippen LogP contribution in [0.5, 0.6) is 5.75 Å². The molecule has 1 N–H and O–H groups in total. The molecule has 178 valence electrons. The van der Waals surface area contributed by atoms with Crippen LogP contribution in [-0.4, -0.2) is 48.7 Å². The molecule has 1 amide bonds. The molecular formula is C27H32N4O3. The van der Waals surface area contributed by atoms with Crippen LogP contribution in [0.3, 0.4) is 0 Å². The normalized spacial score (nSPS) is 14.1. The van der Waals surface area contributed by atoms with Crippen LogP contribution in [0.1, 0.15) is 16.8 Å². The summed E-state index contributed by atoms with van der Waals surface area (Å²) in [7, 11) is 1.47. The van der Waals surface area contributed by atoms with Crippen molar-refractivity contribution < 1.29 is 9.53 Å². The van der Waals surface area contributed by atoms with Crippen molar-refractivity contribution in [3.8, 4) is 5.75 Å². The van der Waals surface area contributed by atoms with E-state index in [0.29, 0.717) is 13.1 Å². The summed E-state index contributed by atoms with van der Waals surface area (Å²) in [6.07, 6.45) is 1.64. The highest BCUT2D eigenvalue weighted by Gasteiger charge is 2.19. The number of anilines is 1. The van der Waals surface area contributed by atoms with Gasteiger partial charge in [0.1, 0.15) is 6.54 Å². The van der Waals surface area contributed by atoms with E-state index in [4.69, 9.17) is 4.74 Å². The smallest absolute Gasteiger partial charge is 0.240 e. The number of aromatic nitrogens is 1. The number of piperazine rings is 1. The van der Waals surface area contributed by atoms with Crippen molar-refractivity contribution in [1.29, 1.82) is 0 Å². The van der Waals surface area contributed by atoms with Crippen molar-refractivity contribution in [2.45, 2.75) is 26.6 Å². The molecule has 0 spiro atoms. The van der Waals surface area contributed by atoms with Gasteiger partial charge in [-0.15, -0.1) is 0 Å². The van der Waals surface area contributed by atoms with E-state index in [0.717, 1.165) is 37.4 Å². The van der Waals surface area contributed by atoms with E-state index in [-0.39, 0.29) is 23.6 Å². The number of pyridine rings is 1. The molecule has 0 saturated carbocycles. The van der Waals surface area contributed by atoms with Crippen molar-refractivity contribution in [3.05, 3.63) is 93.9 Å². The Morgan fingerprint density at radius 2 is 1.71 bits per heavy atom. The minimum Gasteiger partial charge on any atom is -0.491 e. The molecule has 4 rings (SSSR count). The van der Waals surface area contributed by atoms with Crippen molar-refractivity contribution in [2.75, 3.05) is 38.2 Å². The van der Waals surface area contributed by atoms with Gasteiger partial charge in [-0.25, -0.2) is 0 Å². The SMILES string of the molecule is COc1cn(CC(=O)NCc2ccc(C)cc2)c(CN2CCN(c3ccccc3)CC2)cc1=O. The summed E-state index contributed by atoms with van der Waals surface area (Å²) in [5.74, 6) is 0.130. The number of ether oxygens (including phenoxy) is 1. The average Bonchev–Trinajstić information content (AvgIpc) is 2.86. The quantitative estimate of drug-likeness (QED) is 0.560. The van der Waals surface area contributed by atoms with Gasteiger partial charge in [0.25, 0.3) is 0 Å². The number of hydrogen-bond acceptors (Lipinski definition) is 5. The Bertz CT molecular complexity index is 1150. The first-order chi connectivity index (χ1) is 16.5. The number of methoxy groups -OCH3 is 1. The van der Waals surface area contributed by atoms with Crippen LogP contribution >= 0.6 is 0 Å². The lowest BCUT2D eigenvalue weighted by Gasteiger charge is -2.36. The van der Waals surface area contributed by atoms with Crippen LogP contribution in [-0.2, 0) is 24.4 Å². The van der Waals surface area contributed by atoms with Crippen molar-refractivity contribution >= 4 is 11.6 Å². The van der Waals surface area contributed by atoms with E-state index in [1.165, 1.54) is 18.4 Å². The molecule has 1 aromatic heterocycles. The second kappa shape index (κ2) is 11.0. The zero-order chi connectivity index (χ0) is 23.9. The molecule has 34 heavy (non-hydrogen) atoms. The van der Waals surface area contributed by atoms with E-state index in [1.54, 1.807) is 12.3 Å². The Morgan fingerprint density at radius 3 is 2.38 bits per heavy atom. The highest BCUT2D eigenvalue weighted by atomic mass is 16.5. The van der Waals surface area contributed by atoms with E-state index >= 15 is 0 Å². The van der Waals surface area contributed by atoms with Crippen LogP contribution in [0.2, 0.25) is 0 Å². The van der Waals surface area contributed by atoms with Gasteiger partial charge in [-0.1, -0.05) is 48.0 Å². The molecule has 0 atom stereocenters. The zero-order valence-electron chi connectivity index (χ0n) is 19.9. The molecule has 0 aliphatic carbocycles. The maximum absolute atomic E-state index is 12.7. The summed E-state index contributed by atoms with van der Waals surface area (Å²) in [4.78, 5) is 29.9. The van der Waals surface area contributed by atoms with Crippen LogP contribution in [0.25, 0.3) is 0 Å². The minimum absolute atomic E-state index is 0.110. The van der Waals surface area contributed by atoms with Crippen molar-refractivity contribution in [1.82, 2.24) is 14.8 Å². The fourth-order valence-corrected chi connectivity index (χ4v) is 4.18.